The second kappa shape index (κ2) is 5.16. The Balaban J connectivity index is 1.89. The normalized spacial score (nSPS) is 20.9. The van der Waals surface area contributed by atoms with E-state index >= 15 is 0 Å². The maximum Gasteiger partial charge on any atom is 0.231 e. The molecule has 2 heterocycles. The van der Waals surface area contributed by atoms with Crippen LogP contribution in [0.4, 0.5) is 0 Å². The highest BCUT2D eigenvalue weighted by atomic mass is 16.7. The van der Waals surface area contributed by atoms with E-state index in [9.17, 15) is 0 Å². The van der Waals surface area contributed by atoms with Crippen molar-refractivity contribution < 1.29 is 9.47 Å². The SMILES string of the molecule is CC[C@H](c1cccc2c1OCO2)N1CCNCC1. The Kier molecular flexibility index (Phi) is 3.39. The maximum atomic E-state index is 5.64. The van der Waals surface area contributed by atoms with Crippen LogP contribution in [-0.2, 0) is 0 Å². The van der Waals surface area contributed by atoms with Gasteiger partial charge in [0.15, 0.2) is 11.5 Å². The molecule has 1 aromatic rings. The van der Waals surface area contributed by atoms with Crippen molar-refractivity contribution in [2.24, 2.45) is 0 Å². The van der Waals surface area contributed by atoms with Crippen LogP contribution in [0.5, 0.6) is 11.5 Å². The average Bonchev–Trinajstić information content (AvgIpc) is 2.90. The van der Waals surface area contributed by atoms with Crippen molar-refractivity contribution >= 4 is 0 Å². The van der Waals surface area contributed by atoms with E-state index in [1.807, 2.05) is 6.07 Å². The summed E-state index contributed by atoms with van der Waals surface area (Å²) in [6.45, 7) is 6.93. The van der Waals surface area contributed by atoms with Crippen LogP contribution >= 0.6 is 0 Å². The highest BCUT2D eigenvalue weighted by molar-refractivity contribution is 5.49. The van der Waals surface area contributed by atoms with E-state index in [1.54, 1.807) is 0 Å². The summed E-state index contributed by atoms with van der Waals surface area (Å²) in [4.78, 5) is 2.54. The minimum atomic E-state index is 0.352. The number of nitrogens with one attached hydrogen (secondary N) is 1. The van der Waals surface area contributed by atoms with Crippen LogP contribution in [0.1, 0.15) is 24.9 Å². The average molecular weight is 248 g/mol. The molecule has 0 aliphatic carbocycles. The number of fused-ring (bicyclic) bond motifs is 1. The molecule has 2 aliphatic heterocycles. The van der Waals surface area contributed by atoms with Crippen molar-refractivity contribution in [3.05, 3.63) is 23.8 Å². The molecule has 2 aliphatic rings. The zero-order chi connectivity index (χ0) is 12.4. The molecule has 0 saturated carbocycles. The first-order chi connectivity index (χ1) is 8.90. The van der Waals surface area contributed by atoms with Gasteiger partial charge in [-0.05, 0) is 12.5 Å². The molecule has 0 spiro atoms. The first-order valence-corrected chi connectivity index (χ1v) is 6.73. The number of nitrogens with zero attached hydrogens (tertiary/aromatic N) is 1. The van der Waals surface area contributed by atoms with Crippen LogP contribution in [-0.4, -0.2) is 37.9 Å². The Hall–Kier alpha value is -1.26. The summed E-state index contributed by atoms with van der Waals surface area (Å²) in [5, 5.41) is 3.40. The van der Waals surface area contributed by atoms with E-state index in [4.69, 9.17) is 9.47 Å². The summed E-state index contributed by atoms with van der Waals surface area (Å²) in [5.41, 5.74) is 1.27. The third kappa shape index (κ3) is 2.06. The van der Waals surface area contributed by atoms with Gasteiger partial charge in [0.1, 0.15) is 0 Å². The zero-order valence-electron chi connectivity index (χ0n) is 10.8. The number of hydrogen-bond acceptors (Lipinski definition) is 4. The van der Waals surface area contributed by atoms with Gasteiger partial charge in [0, 0.05) is 37.8 Å². The highest BCUT2D eigenvalue weighted by Crippen LogP contribution is 2.41. The van der Waals surface area contributed by atoms with Crippen molar-refractivity contribution in [3.8, 4) is 11.5 Å². The molecular weight excluding hydrogens is 228 g/mol. The van der Waals surface area contributed by atoms with E-state index < -0.39 is 0 Å². The molecule has 4 nitrogen and oxygen atoms in total. The molecule has 3 rings (SSSR count). The molecule has 0 unspecified atom stereocenters. The zero-order valence-corrected chi connectivity index (χ0v) is 10.8. The summed E-state index contributed by atoms with van der Waals surface area (Å²) >= 11 is 0. The summed E-state index contributed by atoms with van der Waals surface area (Å²) < 4.78 is 11.1. The van der Waals surface area contributed by atoms with Crippen LogP contribution in [0.3, 0.4) is 0 Å². The number of benzene rings is 1. The van der Waals surface area contributed by atoms with Crippen molar-refractivity contribution in [2.45, 2.75) is 19.4 Å². The molecule has 1 aromatic carbocycles. The molecule has 1 saturated heterocycles. The quantitative estimate of drug-likeness (QED) is 0.884. The third-order valence-electron chi connectivity index (χ3n) is 3.77. The van der Waals surface area contributed by atoms with Crippen LogP contribution in [0, 0.1) is 0 Å². The molecule has 0 radical (unpaired) electrons. The highest BCUT2D eigenvalue weighted by Gasteiger charge is 2.27. The lowest BCUT2D eigenvalue weighted by Crippen LogP contribution is -2.45. The molecule has 0 amide bonds. The Bertz CT molecular complexity index is 416. The molecule has 0 aromatic heterocycles. The fourth-order valence-electron chi connectivity index (χ4n) is 2.88. The number of para-hydroxylation sites is 1. The Labute approximate surface area is 108 Å². The Morgan fingerprint density at radius 2 is 2.11 bits per heavy atom. The fourth-order valence-corrected chi connectivity index (χ4v) is 2.88. The van der Waals surface area contributed by atoms with Gasteiger partial charge in [0.25, 0.3) is 0 Å². The van der Waals surface area contributed by atoms with Gasteiger partial charge in [-0.2, -0.15) is 0 Å². The van der Waals surface area contributed by atoms with Gasteiger partial charge in [-0.1, -0.05) is 19.1 Å². The maximum absolute atomic E-state index is 5.64. The predicted molar refractivity (Wildman–Crippen MR) is 70.0 cm³/mol. The minimum absolute atomic E-state index is 0.352. The van der Waals surface area contributed by atoms with E-state index in [-0.39, 0.29) is 0 Å². The molecule has 98 valence electrons. The van der Waals surface area contributed by atoms with Gasteiger partial charge >= 0.3 is 0 Å². The van der Waals surface area contributed by atoms with Crippen molar-refractivity contribution in [2.75, 3.05) is 33.0 Å². The summed E-state index contributed by atoms with van der Waals surface area (Å²) in [7, 11) is 0. The van der Waals surface area contributed by atoms with Gasteiger partial charge < -0.3 is 14.8 Å². The molecule has 0 bridgehead atoms. The number of hydrogen-bond donors (Lipinski definition) is 1. The van der Waals surface area contributed by atoms with Gasteiger partial charge in [0.2, 0.25) is 6.79 Å². The standard InChI is InChI=1S/C14H20N2O2/c1-2-12(16-8-6-15-7-9-16)11-4-3-5-13-14(11)18-10-17-13/h3-5,12,15H,2,6-10H2,1H3/t12-/m1/s1. The van der Waals surface area contributed by atoms with Crippen LogP contribution in [0.2, 0.25) is 0 Å². The fraction of sp³-hybridized carbons (Fsp3) is 0.571. The second-order valence-corrected chi connectivity index (χ2v) is 4.79. The monoisotopic (exact) mass is 248 g/mol. The largest absolute Gasteiger partial charge is 0.454 e. The lowest BCUT2D eigenvalue weighted by Gasteiger charge is -2.35. The van der Waals surface area contributed by atoms with Crippen molar-refractivity contribution in [1.82, 2.24) is 10.2 Å². The smallest absolute Gasteiger partial charge is 0.231 e. The minimum Gasteiger partial charge on any atom is -0.454 e. The molecule has 1 N–H and O–H groups in total. The first kappa shape index (κ1) is 11.8. The van der Waals surface area contributed by atoms with Crippen LogP contribution in [0.15, 0.2) is 18.2 Å². The Morgan fingerprint density at radius 1 is 1.28 bits per heavy atom. The second-order valence-electron chi connectivity index (χ2n) is 4.79. The van der Waals surface area contributed by atoms with Gasteiger partial charge in [-0.3, -0.25) is 4.90 Å². The number of ether oxygens (including phenoxy) is 2. The lowest BCUT2D eigenvalue weighted by atomic mass is 10.0. The third-order valence-corrected chi connectivity index (χ3v) is 3.77. The Morgan fingerprint density at radius 3 is 2.89 bits per heavy atom. The molecule has 1 fully saturated rings. The van der Waals surface area contributed by atoms with Crippen molar-refractivity contribution in [3.63, 3.8) is 0 Å². The van der Waals surface area contributed by atoms with E-state index in [0.29, 0.717) is 12.8 Å². The topological polar surface area (TPSA) is 33.7 Å². The lowest BCUT2D eigenvalue weighted by molar-refractivity contribution is 0.156. The van der Waals surface area contributed by atoms with Gasteiger partial charge in [-0.25, -0.2) is 0 Å². The van der Waals surface area contributed by atoms with Crippen LogP contribution in [0.25, 0.3) is 0 Å². The molecule has 1 atom stereocenters. The van der Waals surface area contributed by atoms with E-state index in [1.165, 1.54) is 5.56 Å². The number of piperazine rings is 1. The van der Waals surface area contributed by atoms with Crippen molar-refractivity contribution in [1.29, 1.82) is 0 Å². The van der Waals surface area contributed by atoms with Crippen LogP contribution < -0.4 is 14.8 Å². The summed E-state index contributed by atoms with van der Waals surface area (Å²) in [5.74, 6) is 1.84. The van der Waals surface area contributed by atoms with E-state index in [0.717, 1.165) is 44.1 Å². The predicted octanol–water partition coefficient (Wildman–Crippen LogP) is 1.77. The summed E-state index contributed by atoms with van der Waals surface area (Å²) in [6, 6.07) is 6.65. The molecule has 4 heteroatoms. The molecular formula is C14H20N2O2. The summed E-state index contributed by atoms with van der Waals surface area (Å²) in [6.07, 6.45) is 1.10. The number of rotatable bonds is 3. The van der Waals surface area contributed by atoms with Gasteiger partial charge in [-0.15, -0.1) is 0 Å². The first-order valence-electron chi connectivity index (χ1n) is 6.73. The van der Waals surface area contributed by atoms with Gasteiger partial charge in [0.05, 0.1) is 0 Å². The van der Waals surface area contributed by atoms with E-state index in [2.05, 4.69) is 29.3 Å². The molecule has 18 heavy (non-hydrogen) atoms.